The number of aromatic nitrogens is 2. The number of rotatable bonds is 3. The lowest BCUT2D eigenvalue weighted by Gasteiger charge is -2.03. The average molecular weight is 198 g/mol. The Bertz CT molecular complexity index is 385. The van der Waals surface area contributed by atoms with Crippen LogP contribution in [0.25, 0.3) is 0 Å². The van der Waals surface area contributed by atoms with Gasteiger partial charge in [-0.1, -0.05) is 0 Å². The van der Waals surface area contributed by atoms with Gasteiger partial charge in [-0.15, -0.1) is 0 Å². The molecule has 14 heavy (non-hydrogen) atoms. The summed E-state index contributed by atoms with van der Waals surface area (Å²) in [5.74, 6) is -0.566. The molecule has 1 aromatic rings. The number of esters is 1. The molecule has 0 fully saturated rings. The van der Waals surface area contributed by atoms with Gasteiger partial charge in [0.05, 0.1) is 25.8 Å². The normalized spacial score (nSPS) is 9.86. The maximum Gasteiger partial charge on any atom is 0.347 e. The van der Waals surface area contributed by atoms with Gasteiger partial charge in [-0.05, 0) is 0 Å². The summed E-state index contributed by atoms with van der Waals surface area (Å²) < 4.78 is 5.60. The molecule has 0 aliphatic rings. The standard InChI is InChI=1S/C8H10N2O4/c1-14-7(12)6-4-9-8(13)10(5-6)2-3-11/h4-5,11H,2-3H2,1H3. The van der Waals surface area contributed by atoms with Crippen molar-refractivity contribution < 1.29 is 14.6 Å². The van der Waals surface area contributed by atoms with Crippen LogP contribution >= 0.6 is 0 Å². The molecule has 0 amide bonds. The van der Waals surface area contributed by atoms with Gasteiger partial charge in [-0.3, -0.25) is 4.57 Å². The summed E-state index contributed by atoms with van der Waals surface area (Å²) in [5, 5.41) is 8.63. The van der Waals surface area contributed by atoms with Crippen molar-refractivity contribution in [3.8, 4) is 0 Å². The highest BCUT2D eigenvalue weighted by atomic mass is 16.5. The highest BCUT2D eigenvalue weighted by Crippen LogP contribution is 1.95. The van der Waals surface area contributed by atoms with E-state index in [9.17, 15) is 9.59 Å². The molecule has 0 aromatic carbocycles. The van der Waals surface area contributed by atoms with Gasteiger partial charge in [-0.2, -0.15) is 0 Å². The van der Waals surface area contributed by atoms with Crippen LogP contribution in [0, 0.1) is 0 Å². The zero-order valence-corrected chi connectivity index (χ0v) is 7.64. The molecule has 0 aliphatic carbocycles. The van der Waals surface area contributed by atoms with Crippen molar-refractivity contribution in [1.82, 2.24) is 9.55 Å². The summed E-state index contributed by atoms with van der Waals surface area (Å²) in [6.07, 6.45) is 2.44. The van der Waals surface area contributed by atoms with E-state index in [1.807, 2.05) is 0 Å². The van der Waals surface area contributed by atoms with Crippen LogP contribution < -0.4 is 5.69 Å². The smallest absolute Gasteiger partial charge is 0.347 e. The average Bonchev–Trinajstić information content (AvgIpc) is 2.20. The summed E-state index contributed by atoms with van der Waals surface area (Å²) in [4.78, 5) is 25.6. The first-order valence-corrected chi connectivity index (χ1v) is 3.94. The van der Waals surface area contributed by atoms with E-state index in [4.69, 9.17) is 5.11 Å². The van der Waals surface area contributed by atoms with Crippen LogP contribution in [0.2, 0.25) is 0 Å². The highest BCUT2D eigenvalue weighted by molar-refractivity contribution is 5.88. The predicted octanol–water partition coefficient (Wildman–Crippen LogP) is -0.978. The van der Waals surface area contributed by atoms with Crippen molar-refractivity contribution in [2.24, 2.45) is 0 Å². The molecule has 6 nitrogen and oxygen atoms in total. The quantitative estimate of drug-likeness (QED) is 0.631. The van der Waals surface area contributed by atoms with E-state index in [1.54, 1.807) is 0 Å². The topological polar surface area (TPSA) is 81.4 Å². The third kappa shape index (κ3) is 2.17. The second kappa shape index (κ2) is 4.52. The minimum absolute atomic E-state index is 0.108. The lowest BCUT2D eigenvalue weighted by molar-refractivity contribution is 0.0598. The third-order valence-electron chi connectivity index (χ3n) is 1.62. The fourth-order valence-corrected chi connectivity index (χ4v) is 0.947. The van der Waals surface area contributed by atoms with Gasteiger partial charge >= 0.3 is 11.7 Å². The first kappa shape index (κ1) is 10.4. The Labute approximate surface area is 79.8 Å². The van der Waals surface area contributed by atoms with Crippen molar-refractivity contribution in [3.05, 3.63) is 28.4 Å². The maximum absolute atomic E-state index is 11.1. The minimum Gasteiger partial charge on any atom is -0.465 e. The number of hydrogen-bond donors (Lipinski definition) is 1. The number of carbonyl (C=O) groups is 1. The van der Waals surface area contributed by atoms with Gasteiger partial charge < -0.3 is 9.84 Å². The summed E-state index contributed by atoms with van der Waals surface area (Å²) in [6, 6.07) is 0. The van der Waals surface area contributed by atoms with Crippen molar-refractivity contribution in [1.29, 1.82) is 0 Å². The van der Waals surface area contributed by atoms with Crippen LogP contribution in [-0.4, -0.2) is 34.3 Å². The molecule has 0 atom stereocenters. The lowest BCUT2D eigenvalue weighted by atomic mass is 10.3. The molecule has 0 bridgehead atoms. The van der Waals surface area contributed by atoms with E-state index in [1.165, 1.54) is 13.3 Å². The van der Waals surface area contributed by atoms with Crippen molar-refractivity contribution in [2.75, 3.05) is 13.7 Å². The Balaban J connectivity index is 3.06. The zero-order valence-electron chi connectivity index (χ0n) is 7.64. The molecule has 0 saturated carbocycles. The van der Waals surface area contributed by atoms with Crippen LogP contribution in [-0.2, 0) is 11.3 Å². The zero-order chi connectivity index (χ0) is 10.6. The molecule has 1 aromatic heterocycles. The maximum atomic E-state index is 11.1. The van der Waals surface area contributed by atoms with Gasteiger partial charge in [0.15, 0.2) is 0 Å². The van der Waals surface area contributed by atoms with Crippen molar-refractivity contribution in [2.45, 2.75) is 6.54 Å². The molecule has 1 heterocycles. The van der Waals surface area contributed by atoms with Crippen LogP contribution in [0.5, 0.6) is 0 Å². The van der Waals surface area contributed by atoms with E-state index >= 15 is 0 Å². The number of ether oxygens (including phenoxy) is 1. The van der Waals surface area contributed by atoms with E-state index in [2.05, 4.69) is 9.72 Å². The van der Waals surface area contributed by atoms with Crippen LogP contribution in [0.4, 0.5) is 0 Å². The molecular weight excluding hydrogens is 188 g/mol. The first-order chi connectivity index (χ1) is 6.69. The monoisotopic (exact) mass is 198 g/mol. The molecule has 0 radical (unpaired) electrons. The molecule has 0 saturated heterocycles. The summed E-state index contributed by atoms with van der Waals surface area (Å²) in [7, 11) is 1.24. The summed E-state index contributed by atoms with van der Waals surface area (Å²) >= 11 is 0. The molecular formula is C8H10N2O4. The fourth-order valence-electron chi connectivity index (χ4n) is 0.947. The van der Waals surface area contributed by atoms with Crippen LogP contribution in [0.1, 0.15) is 10.4 Å². The van der Waals surface area contributed by atoms with E-state index in [0.717, 1.165) is 10.8 Å². The number of carbonyl (C=O) groups excluding carboxylic acids is 1. The Hall–Kier alpha value is -1.69. The van der Waals surface area contributed by atoms with Crippen LogP contribution in [0.15, 0.2) is 17.2 Å². The third-order valence-corrected chi connectivity index (χ3v) is 1.62. The van der Waals surface area contributed by atoms with Gasteiger partial charge in [0, 0.05) is 12.4 Å². The molecule has 0 spiro atoms. The number of methoxy groups -OCH3 is 1. The second-order valence-electron chi connectivity index (χ2n) is 2.53. The molecule has 0 aliphatic heterocycles. The largest absolute Gasteiger partial charge is 0.465 e. The number of nitrogens with zero attached hydrogens (tertiary/aromatic N) is 2. The van der Waals surface area contributed by atoms with E-state index in [0.29, 0.717) is 0 Å². The molecule has 1 rings (SSSR count). The Morgan fingerprint density at radius 3 is 3.00 bits per heavy atom. The molecule has 0 unspecified atom stereocenters. The Kier molecular flexibility index (Phi) is 3.35. The van der Waals surface area contributed by atoms with Gasteiger partial charge in [0.1, 0.15) is 0 Å². The molecule has 76 valence electrons. The highest BCUT2D eigenvalue weighted by Gasteiger charge is 2.07. The Morgan fingerprint density at radius 2 is 2.43 bits per heavy atom. The molecule has 1 N–H and O–H groups in total. The van der Waals surface area contributed by atoms with Gasteiger partial charge in [-0.25, -0.2) is 14.6 Å². The number of aliphatic hydroxyl groups is 1. The number of aliphatic hydroxyl groups excluding tert-OH is 1. The second-order valence-corrected chi connectivity index (χ2v) is 2.53. The molecule has 6 heteroatoms. The summed E-state index contributed by atoms with van der Waals surface area (Å²) in [5.41, 5.74) is -0.327. The van der Waals surface area contributed by atoms with Crippen molar-refractivity contribution >= 4 is 5.97 Å². The van der Waals surface area contributed by atoms with Gasteiger partial charge in [0.2, 0.25) is 0 Å². The van der Waals surface area contributed by atoms with E-state index in [-0.39, 0.29) is 18.7 Å². The van der Waals surface area contributed by atoms with E-state index < -0.39 is 11.7 Å². The lowest BCUT2D eigenvalue weighted by Crippen LogP contribution is -2.25. The summed E-state index contributed by atoms with van der Waals surface area (Å²) in [6.45, 7) is -0.0805. The minimum atomic E-state index is -0.566. The number of hydrogen-bond acceptors (Lipinski definition) is 5. The van der Waals surface area contributed by atoms with Crippen molar-refractivity contribution in [3.63, 3.8) is 0 Å². The fraction of sp³-hybridized carbons (Fsp3) is 0.375. The van der Waals surface area contributed by atoms with Gasteiger partial charge in [0.25, 0.3) is 0 Å². The SMILES string of the molecule is COC(=O)c1cnc(=O)n(CCO)c1. The van der Waals surface area contributed by atoms with Crippen LogP contribution in [0.3, 0.4) is 0 Å². The predicted molar refractivity (Wildman–Crippen MR) is 46.9 cm³/mol. The Morgan fingerprint density at radius 1 is 1.71 bits per heavy atom. The first-order valence-electron chi connectivity index (χ1n) is 3.94.